The quantitative estimate of drug-likeness (QED) is 0.276. The summed E-state index contributed by atoms with van der Waals surface area (Å²) in [6.45, 7) is 14.2. The van der Waals surface area contributed by atoms with E-state index in [0.717, 1.165) is 31.6 Å². The van der Waals surface area contributed by atoms with Crippen LogP contribution in [0.1, 0.15) is 26.3 Å². The predicted molar refractivity (Wildman–Crippen MR) is 123 cm³/mol. The summed E-state index contributed by atoms with van der Waals surface area (Å²) in [6, 6.07) is 18.8. The maximum absolute atomic E-state index is 7.50. The third-order valence-electron chi connectivity index (χ3n) is 5.32. The van der Waals surface area contributed by atoms with Gasteiger partial charge in [0.1, 0.15) is 6.33 Å². The lowest BCUT2D eigenvalue weighted by molar-refractivity contribution is 0.596. The highest BCUT2D eigenvalue weighted by Crippen LogP contribution is 2.43. The Kier molecular flexibility index (Phi) is 3.90. The summed E-state index contributed by atoms with van der Waals surface area (Å²) in [5.41, 5.74) is 4.94. The van der Waals surface area contributed by atoms with Gasteiger partial charge in [0.2, 0.25) is 5.69 Å². The van der Waals surface area contributed by atoms with Crippen LogP contribution in [0.15, 0.2) is 60.9 Å². The molecule has 0 fully saturated rings. The van der Waals surface area contributed by atoms with Gasteiger partial charge in [-0.05, 0) is 33.9 Å². The Morgan fingerprint density at radius 2 is 1.69 bits per heavy atom. The molecule has 2 heterocycles. The SMILES string of the molecule is [C-]#[N+]c1cccc2c1sc1c(-c3cc(C(C)(C)C)c4ccccc4c3)ncnc12. The second kappa shape index (κ2) is 6.37. The topological polar surface area (TPSA) is 30.1 Å². The molecule has 0 atom stereocenters. The van der Waals surface area contributed by atoms with E-state index >= 15 is 0 Å². The molecule has 0 saturated carbocycles. The zero-order valence-electron chi connectivity index (χ0n) is 16.5. The number of thiophene rings is 1. The normalized spacial score (nSPS) is 11.9. The minimum absolute atomic E-state index is 0.0131. The fraction of sp³-hybridized carbons (Fsp3) is 0.160. The lowest BCUT2D eigenvalue weighted by Crippen LogP contribution is -2.12. The van der Waals surface area contributed by atoms with Crippen LogP contribution in [0.3, 0.4) is 0 Å². The molecule has 0 aliphatic carbocycles. The number of hydrogen-bond acceptors (Lipinski definition) is 3. The third-order valence-corrected chi connectivity index (χ3v) is 6.55. The molecule has 0 amide bonds. The van der Waals surface area contributed by atoms with Crippen LogP contribution in [0, 0.1) is 6.57 Å². The van der Waals surface area contributed by atoms with E-state index in [1.54, 1.807) is 17.7 Å². The Bertz CT molecular complexity index is 1450. The van der Waals surface area contributed by atoms with Crippen LogP contribution in [-0.4, -0.2) is 9.97 Å². The lowest BCUT2D eigenvalue weighted by atomic mass is 9.82. The van der Waals surface area contributed by atoms with Crippen molar-refractivity contribution in [2.45, 2.75) is 26.2 Å². The van der Waals surface area contributed by atoms with Gasteiger partial charge in [-0.15, -0.1) is 11.3 Å². The van der Waals surface area contributed by atoms with Crippen LogP contribution >= 0.6 is 11.3 Å². The van der Waals surface area contributed by atoms with Crippen molar-refractivity contribution in [3.8, 4) is 11.3 Å². The molecule has 0 aliphatic rings. The molecule has 0 spiro atoms. The molecule has 0 radical (unpaired) electrons. The number of nitrogens with zero attached hydrogens (tertiary/aromatic N) is 3. The van der Waals surface area contributed by atoms with E-state index in [4.69, 9.17) is 6.57 Å². The van der Waals surface area contributed by atoms with Crippen LogP contribution in [0.4, 0.5) is 5.69 Å². The molecule has 0 aliphatic heterocycles. The molecule has 0 bridgehead atoms. The van der Waals surface area contributed by atoms with E-state index in [-0.39, 0.29) is 5.41 Å². The number of hydrogen-bond donors (Lipinski definition) is 0. The van der Waals surface area contributed by atoms with Gasteiger partial charge in [0.15, 0.2) is 0 Å². The molecule has 3 aromatic carbocycles. The number of aromatic nitrogens is 2. The van der Waals surface area contributed by atoms with Gasteiger partial charge in [0, 0.05) is 15.6 Å². The van der Waals surface area contributed by atoms with E-state index in [1.165, 1.54) is 16.3 Å². The van der Waals surface area contributed by atoms with Crippen LogP contribution in [0.2, 0.25) is 0 Å². The first-order valence-electron chi connectivity index (χ1n) is 9.55. The smallest absolute Gasteiger partial charge is 0.204 e. The lowest BCUT2D eigenvalue weighted by Gasteiger charge is -2.22. The van der Waals surface area contributed by atoms with Crippen molar-refractivity contribution >= 4 is 48.1 Å². The van der Waals surface area contributed by atoms with E-state index in [2.05, 4.69) is 72.0 Å². The Morgan fingerprint density at radius 1 is 0.897 bits per heavy atom. The molecular formula is C25H19N3S. The number of rotatable bonds is 1. The fourth-order valence-electron chi connectivity index (χ4n) is 3.94. The second-order valence-corrected chi connectivity index (χ2v) is 9.28. The minimum atomic E-state index is 0.0131. The van der Waals surface area contributed by atoms with Crippen molar-refractivity contribution in [3.63, 3.8) is 0 Å². The summed E-state index contributed by atoms with van der Waals surface area (Å²) < 4.78 is 2.02. The van der Waals surface area contributed by atoms with Gasteiger partial charge in [0.05, 0.1) is 22.5 Å². The van der Waals surface area contributed by atoms with Crippen molar-refractivity contribution in [2.24, 2.45) is 0 Å². The van der Waals surface area contributed by atoms with Crippen molar-refractivity contribution < 1.29 is 0 Å². The first-order valence-corrected chi connectivity index (χ1v) is 10.4. The molecule has 0 saturated heterocycles. The Hall–Kier alpha value is -3.29. The highest BCUT2D eigenvalue weighted by atomic mass is 32.1. The molecule has 4 heteroatoms. The van der Waals surface area contributed by atoms with Crippen molar-refractivity contribution in [2.75, 3.05) is 0 Å². The summed E-state index contributed by atoms with van der Waals surface area (Å²) in [4.78, 5) is 12.9. The summed E-state index contributed by atoms with van der Waals surface area (Å²) >= 11 is 1.61. The van der Waals surface area contributed by atoms with Gasteiger partial charge in [-0.1, -0.05) is 63.2 Å². The van der Waals surface area contributed by atoms with Crippen LogP contribution < -0.4 is 0 Å². The summed E-state index contributed by atoms with van der Waals surface area (Å²) in [5.74, 6) is 0. The summed E-state index contributed by atoms with van der Waals surface area (Å²) in [6.07, 6.45) is 1.64. The molecular weight excluding hydrogens is 374 g/mol. The molecule has 0 unspecified atom stereocenters. The number of benzene rings is 3. The highest BCUT2D eigenvalue weighted by molar-refractivity contribution is 7.26. The molecule has 2 aromatic heterocycles. The molecule has 5 rings (SSSR count). The highest BCUT2D eigenvalue weighted by Gasteiger charge is 2.20. The van der Waals surface area contributed by atoms with E-state index < -0.39 is 0 Å². The first kappa shape index (κ1) is 17.8. The average Bonchev–Trinajstić information content (AvgIpc) is 3.11. The fourth-order valence-corrected chi connectivity index (χ4v) is 5.17. The summed E-state index contributed by atoms with van der Waals surface area (Å²) in [7, 11) is 0. The Balaban J connectivity index is 1.87. The van der Waals surface area contributed by atoms with Gasteiger partial charge in [0.25, 0.3) is 0 Å². The molecule has 5 aromatic rings. The van der Waals surface area contributed by atoms with Gasteiger partial charge in [-0.3, -0.25) is 0 Å². The first-order chi connectivity index (χ1) is 14.0. The van der Waals surface area contributed by atoms with Crippen molar-refractivity contribution in [1.29, 1.82) is 0 Å². The van der Waals surface area contributed by atoms with Crippen LogP contribution in [-0.2, 0) is 5.41 Å². The largest absolute Gasteiger partial charge is 0.237 e. The van der Waals surface area contributed by atoms with Gasteiger partial charge >= 0.3 is 0 Å². The van der Waals surface area contributed by atoms with E-state index in [0.29, 0.717) is 5.69 Å². The zero-order valence-corrected chi connectivity index (χ0v) is 17.3. The maximum Gasteiger partial charge on any atom is 0.204 e. The second-order valence-electron chi connectivity index (χ2n) is 8.26. The zero-order chi connectivity index (χ0) is 20.2. The Morgan fingerprint density at radius 3 is 2.48 bits per heavy atom. The number of fused-ring (bicyclic) bond motifs is 4. The molecule has 0 N–H and O–H groups in total. The van der Waals surface area contributed by atoms with Gasteiger partial charge in [-0.2, -0.15) is 0 Å². The Labute approximate surface area is 173 Å². The van der Waals surface area contributed by atoms with Gasteiger partial charge < -0.3 is 0 Å². The molecule has 140 valence electrons. The van der Waals surface area contributed by atoms with Crippen LogP contribution in [0.25, 0.3) is 47.2 Å². The third kappa shape index (κ3) is 2.78. The van der Waals surface area contributed by atoms with Crippen molar-refractivity contribution in [3.05, 3.63) is 77.9 Å². The summed E-state index contributed by atoms with van der Waals surface area (Å²) in [5, 5.41) is 3.52. The van der Waals surface area contributed by atoms with E-state index in [9.17, 15) is 0 Å². The standard InChI is InChI=1S/C25H19N3S/c1-25(2,3)19-13-16(12-15-8-5-6-9-17(15)19)21-24-22(28-14-27-21)18-10-7-11-20(26-4)23(18)29-24/h5-14H,1-3H3. The minimum Gasteiger partial charge on any atom is -0.237 e. The van der Waals surface area contributed by atoms with Crippen LogP contribution in [0.5, 0.6) is 0 Å². The van der Waals surface area contributed by atoms with Gasteiger partial charge in [-0.25, -0.2) is 14.8 Å². The average molecular weight is 394 g/mol. The maximum atomic E-state index is 7.50. The molecule has 3 nitrogen and oxygen atoms in total. The molecule has 29 heavy (non-hydrogen) atoms. The van der Waals surface area contributed by atoms with E-state index in [1.807, 2.05) is 18.2 Å². The van der Waals surface area contributed by atoms with Crippen molar-refractivity contribution in [1.82, 2.24) is 9.97 Å². The predicted octanol–water partition coefficient (Wildman–Crippen LogP) is 7.51. The monoisotopic (exact) mass is 393 g/mol.